The van der Waals surface area contributed by atoms with Crippen molar-refractivity contribution in [1.29, 1.82) is 0 Å². The predicted molar refractivity (Wildman–Crippen MR) is 60.3 cm³/mol. The number of rotatable bonds is 5. The third-order valence-electron chi connectivity index (χ3n) is 1.78. The van der Waals surface area contributed by atoms with Crippen LogP contribution in [-0.4, -0.2) is 63.2 Å². The lowest BCUT2D eigenvalue weighted by molar-refractivity contribution is -0.0327. The monoisotopic (exact) mass is 340 g/mol. The predicted octanol–water partition coefficient (Wildman–Crippen LogP) is -2.03. The lowest BCUT2D eigenvalue weighted by Crippen LogP contribution is -2.46. The topological polar surface area (TPSA) is 139 Å². The molecular formula is C6H12O10S3. The smallest absolute Gasteiger partial charge is 0.267 e. The van der Waals surface area contributed by atoms with Crippen molar-refractivity contribution in [3.05, 3.63) is 0 Å². The van der Waals surface area contributed by atoms with E-state index in [4.69, 9.17) is 0 Å². The van der Waals surface area contributed by atoms with E-state index < -0.39 is 56.1 Å². The molecule has 1 fully saturated rings. The molecule has 0 amide bonds. The van der Waals surface area contributed by atoms with Crippen LogP contribution in [0.25, 0.3) is 0 Å². The highest BCUT2D eigenvalue weighted by molar-refractivity contribution is 7.86. The molecule has 13 heteroatoms. The third kappa shape index (κ3) is 6.60. The van der Waals surface area contributed by atoms with Gasteiger partial charge in [0.05, 0.1) is 25.7 Å². The summed E-state index contributed by atoms with van der Waals surface area (Å²) in [5, 5.41) is 0. The van der Waals surface area contributed by atoms with Crippen molar-refractivity contribution >= 4 is 30.6 Å². The van der Waals surface area contributed by atoms with Gasteiger partial charge in [0.2, 0.25) is 0 Å². The van der Waals surface area contributed by atoms with Crippen molar-refractivity contribution in [2.24, 2.45) is 0 Å². The molecule has 114 valence electrons. The van der Waals surface area contributed by atoms with E-state index in [9.17, 15) is 25.3 Å². The molecular weight excluding hydrogens is 328 g/mol. The van der Waals surface area contributed by atoms with Gasteiger partial charge in [-0.1, -0.05) is 0 Å². The minimum absolute atomic E-state index is 0.632. The lowest BCUT2D eigenvalue weighted by Gasteiger charge is -2.28. The Morgan fingerprint density at radius 1 is 1.16 bits per heavy atom. The van der Waals surface area contributed by atoms with Crippen LogP contribution in [0.1, 0.15) is 0 Å². The average Bonchev–Trinajstić information content (AvgIpc) is 2.15. The summed E-state index contributed by atoms with van der Waals surface area (Å²) in [7, 11) is -12.1. The molecule has 0 N–H and O–H groups in total. The Morgan fingerprint density at radius 3 is 2.21 bits per heavy atom. The van der Waals surface area contributed by atoms with Crippen molar-refractivity contribution in [3.63, 3.8) is 0 Å². The highest BCUT2D eigenvalue weighted by atomic mass is 32.3. The Labute approximate surface area is 111 Å². The zero-order chi connectivity index (χ0) is 14.9. The highest BCUT2D eigenvalue weighted by Gasteiger charge is 2.38. The molecule has 0 saturated carbocycles. The fraction of sp³-hybridized carbons (Fsp3) is 1.00. The standard InChI is InChI=1S/C6H12O10S3/c1-17(7,8)13-3-6-5(15-18(2,9)10)4-14-19(11,12)16-6/h5-6H,3-4H2,1-2H3. The fourth-order valence-corrected chi connectivity index (χ4v) is 2.99. The van der Waals surface area contributed by atoms with Gasteiger partial charge in [0.25, 0.3) is 20.2 Å². The molecule has 2 unspecified atom stereocenters. The van der Waals surface area contributed by atoms with Gasteiger partial charge in [-0.25, -0.2) is 8.37 Å². The molecule has 10 nitrogen and oxygen atoms in total. The minimum Gasteiger partial charge on any atom is -0.267 e. The van der Waals surface area contributed by atoms with Gasteiger partial charge in [-0.3, -0.25) is 8.37 Å². The SMILES string of the molecule is CS(=O)(=O)OCC1OS(=O)(=O)OCC1OS(C)(=O)=O. The van der Waals surface area contributed by atoms with Crippen LogP contribution in [0.15, 0.2) is 0 Å². The average molecular weight is 340 g/mol. The molecule has 1 saturated heterocycles. The molecule has 19 heavy (non-hydrogen) atoms. The van der Waals surface area contributed by atoms with Crippen molar-refractivity contribution in [1.82, 2.24) is 0 Å². The van der Waals surface area contributed by atoms with Gasteiger partial charge in [0.1, 0.15) is 12.2 Å². The van der Waals surface area contributed by atoms with Gasteiger partial charge >= 0.3 is 10.4 Å². The van der Waals surface area contributed by atoms with Crippen molar-refractivity contribution < 1.29 is 42.0 Å². The Kier molecular flexibility index (Phi) is 4.93. The summed E-state index contributed by atoms with van der Waals surface area (Å²) in [5.74, 6) is 0. The van der Waals surface area contributed by atoms with E-state index in [0.717, 1.165) is 12.5 Å². The van der Waals surface area contributed by atoms with E-state index in [1.165, 1.54) is 0 Å². The van der Waals surface area contributed by atoms with E-state index in [0.29, 0.717) is 0 Å². The first-order chi connectivity index (χ1) is 8.38. The first-order valence-electron chi connectivity index (χ1n) is 4.68. The van der Waals surface area contributed by atoms with Crippen LogP contribution in [0.5, 0.6) is 0 Å². The van der Waals surface area contributed by atoms with E-state index in [2.05, 4.69) is 16.7 Å². The largest absolute Gasteiger partial charge is 0.400 e. The summed E-state index contributed by atoms with van der Waals surface area (Å²) in [6, 6.07) is 0. The molecule has 1 heterocycles. The molecule has 2 atom stereocenters. The van der Waals surface area contributed by atoms with E-state index in [1.54, 1.807) is 0 Å². The molecule has 1 rings (SSSR count). The maximum Gasteiger partial charge on any atom is 0.400 e. The normalized spacial score (nSPS) is 28.1. The van der Waals surface area contributed by atoms with Gasteiger partial charge in [-0.05, 0) is 0 Å². The lowest BCUT2D eigenvalue weighted by atomic mass is 10.2. The van der Waals surface area contributed by atoms with Gasteiger partial charge in [0.15, 0.2) is 0 Å². The van der Waals surface area contributed by atoms with Crippen molar-refractivity contribution in [2.45, 2.75) is 12.2 Å². The van der Waals surface area contributed by atoms with Crippen LogP contribution in [-0.2, 0) is 47.4 Å². The maximum absolute atomic E-state index is 11.0. The fourth-order valence-electron chi connectivity index (χ4n) is 1.14. The molecule has 0 aromatic carbocycles. The molecule has 0 aromatic heterocycles. The second kappa shape index (κ2) is 5.59. The third-order valence-corrected chi connectivity index (χ3v) is 3.85. The van der Waals surface area contributed by atoms with Gasteiger partial charge in [-0.2, -0.15) is 25.3 Å². The Hall–Kier alpha value is -0.310. The minimum atomic E-state index is -4.34. The summed E-state index contributed by atoms with van der Waals surface area (Å²) in [6.07, 6.45) is -1.30. The maximum atomic E-state index is 11.0. The summed E-state index contributed by atoms with van der Waals surface area (Å²) in [4.78, 5) is 0. The van der Waals surface area contributed by atoms with E-state index in [-0.39, 0.29) is 0 Å². The van der Waals surface area contributed by atoms with Gasteiger partial charge < -0.3 is 0 Å². The zero-order valence-electron chi connectivity index (χ0n) is 9.88. The van der Waals surface area contributed by atoms with E-state index in [1.807, 2.05) is 0 Å². The van der Waals surface area contributed by atoms with Crippen LogP contribution in [0.3, 0.4) is 0 Å². The Morgan fingerprint density at radius 2 is 1.74 bits per heavy atom. The first-order valence-corrected chi connectivity index (χ1v) is 9.65. The summed E-state index contributed by atoms with van der Waals surface area (Å²) >= 11 is 0. The second-order valence-electron chi connectivity index (χ2n) is 3.65. The number of hydrogen-bond acceptors (Lipinski definition) is 10. The van der Waals surface area contributed by atoms with Crippen molar-refractivity contribution in [2.75, 3.05) is 25.7 Å². The van der Waals surface area contributed by atoms with Crippen LogP contribution >= 0.6 is 0 Å². The van der Waals surface area contributed by atoms with Gasteiger partial charge in [0, 0.05) is 0 Å². The molecule has 1 aliphatic rings. The summed E-state index contributed by atoms with van der Waals surface area (Å²) in [6.45, 7) is -1.35. The second-order valence-corrected chi connectivity index (χ2v) is 8.14. The van der Waals surface area contributed by atoms with Crippen LogP contribution in [0.2, 0.25) is 0 Å². The first kappa shape index (κ1) is 16.7. The van der Waals surface area contributed by atoms with Gasteiger partial charge in [-0.15, -0.1) is 0 Å². The highest BCUT2D eigenvalue weighted by Crippen LogP contribution is 2.19. The Bertz CT molecular complexity index is 614. The molecule has 0 bridgehead atoms. The Balaban J connectivity index is 2.83. The quantitative estimate of drug-likeness (QED) is 0.514. The van der Waals surface area contributed by atoms with Crippen LogP contribution in [0.4, 0.5) is 0 Å². The molecule has 0 spiro atoms. The zero-order valence-corrected chi connectivity index (χ0v) is 12.3. The van der Waals surface area contributed by atoms with E-state index >= 15 is 0 Å². The van der Waals surface area contributed by atoms with Crippen LogP contribution < -0.4 is 0 Å². The molecule has 0 radical (unpaired) electrons. The number of hydrogen-bond donors (Lipinski definition) is 0. The van der Waals surface area contributed by atoms with Crippen LogP contribution in [0, 0.1) is 0 Å². The molecule has 0 aliphatic carbocycles. The molecule has 0 aromatic rings. The molecule has 1 aliphatic heterocycles. The summed E-state index contributed by atoms with van der Waals surface area (Å²) < 4.78 is 83.2. The van der Waals surface area contributed by atoms with Crippen molar-refractivity contribution in [3.8, 4) is 0 Å². The summed E-state index contributed by atoms with van der Waals surface area (Å²) in [5.41, 5.74) is 0.